The van der Waals surface area contributed by atoms with Crippen molar-refractivity contribution in [2.75, 3.05) is 20.2 Å². The van der Waals surface area contributed by atoms with Gasteiger partial charge in [0, 0.05) is 54.0 Å². The fraction of sp³-hybridized carbons (Fsp3) is 0.513. The first-order chi connectivity index (χ1) is 52.7. The number of phenols is 3. The number of rotatable bonds is 23. The number of aliphatic carboxylic acids is 1. The van der Waals surface area contributed by atoms with Crippen molar-refractivity contribution in [1.82, 2.24) is 31.9 Å². The van der Waals surface area contributed by atoms with E-state index in [9.17, 15) is 70.2 Å². The molecule has 7 aliphatic heterocycles. The number of hydrogen-bond acceptors (Lipinski definition) is 25. The van der Waals surface area contributed by atoms with Crippen LogP contribution in [0.25, 0.3) is 11.1 Å². The molecule has 7 aliphatic rings. The summed E-state index contributed by atoms with van der Waals surface area (Å²) in [5, 5.41) is 132. The number of nitrogens with two attached hydrogens (primary N) is 1. The first-order valence-electron chi connectivity index (χ1n) is 37.1. The third kappa shape index (κ3) is 19.6. The van der Waals surface area contributed by atoms with E-state index >= 15 is 19.2 Å². The van der Waals surface area contributed by atoms with Gasteiger partial charge in [0.25, 0.3) is 0 Å². The molecule has 2 saturated heterocycles. The fourth-order valence-electron chi connectivity index (χ4n) is 14.8. The number of unbranched alkanes of at least 4 members (excludes halogenated alkanes) is 7. The van der Waals surface area contributed by atoms with Gasteiger partial charge in [-0.1, -0.05) is 107 Å². The molecule has 31 nitrogen and oxygen atoms in total. The molecule has 5 aromatic carbocycles. The summed E-state index contributed by atoms with van der Waals surface area (Å²) < 4.78 is 39.5. The lowest BCUT2D eigenvalue weighted by Gasteiger charge is -2.48. The van der Waals surface area contributed by atoms with E-state index in [1.807, 2.05) is 13.8 Å². The van der Waals surface area contributed by atoms with Gasteiger partial charge >= 0.3 is 5.97 Å². The number of carboxylic acids is 1. The Bertz CT molecular complexity index is 4270. The van der Waals surface area contributed by atoms with E-state index in [0.29, 0.717) is 6.54 Å². The van der Waals surface area contributed by atoms with Gasteiger partial charge in [-0.05, 0) is 123 Å². The Hall–Kier alpha value is -8.80. The van der Waals surface area contributed by atoms with Gasteiger partial charge in [-0.15, -0.1) is 0 Å². The number of ether oxygens (including phenoxy) is 6. The van der Waals surface area contributed by atoms with E-state index in [1.54, 1.807) is 13.8 Å². The Balaban J connectivity index is 1.19. The second kappa shape index (κ2) is 36.8. The number of carboxylic acid groups (broad SMARTS) is 1. The van der Waals surface area contributed by atoms with Crippen molar-refractivity contribution >= 4 is 70.3 Å². The van der Waals surface area contributed by atoms with Crippen LogP contribution in [0.2, 0.25) is 10.0 Å². The molecule has 7 heterocycles. The predicted molar refractivity (Wildman–Crippen MR) is 398 cm³/mol. The summed E-state index contributed by atoms with van der Waals surface area (Å²) in [5.74, 6) is -18.3. The molecule has 33 heteroatoms. The number of nitrogens with one attached hydrogen (secondary N) is 6. The number of phenolic OH excluding ortho intramolecular Hbond substituents is 3. The van der Waals surface area contributed by atoms with E-state index in [2.05, 4.69) is 38.8 Å². The average molecular weight is 1590 g/mol. The van der Waals surface area contributed by atoms with Crippen LogP contribution in [0.4, 0.5) is 0 Å². The van der Waals surface area contributed by atoms with E-state index in [-0.39, 0.29) is 57.5 Å². The van der Waals surface area contributed by atoms with Crippen molar-refractivity contribution in [3.05, 3.63) is 117 Å². The van der Waals surface area contributed by atoms with Crippen LogP contribution < -0.4 is 51.8 Å². The zero-order valence-corrected chi connectivity index (χ0v) is 63.5. The minimum Gasteiger partial charge on any atom is -0.508 e. The van der Waals surface area contributed by atoms with Gasteiger partial charge in [-0.25, -0.2) is 4.79 Å². The number of amides is 5. The number of aliphatic hydroxyl groups excluding tert-OH is 6. The van der Waals surface area contributed by atoms with E-state index < -0.39 is 238 Å². The molecule has 0 radical (unpaired) electrons. The second-order valence-corrected chi connectivity index (χ2v) is 30.4. The number of primary amides is 1. The number of likely N-dealkylation sites (N-methyl/N-ethyl adjacent to an activating group) is 1. The van der Waals surface area contributed by atoms with Crippen molar-refractivity contribution < 1.29 is 118 Å². The van der Waals surface area contributed by atoms with Gasteiger partial charge in [-0.2, -0.15) is 0 Å². The summed E-state index contributed by atoms with van der Waals surface area (Å²) in [6.07, 6.45) is -11.4. The lowest BCUT2D eigenvalue weighted by molar-refractivity contribution is -0.334. The van der Waals surface area contributed by atoms with Crippen molar-refractivity contribution in [2.24, 2.45) is 17.6 Å². The SMILES string of the molecule is CCCCCCCCCCN[C@]1(C)C[C@H](OC2C(O)[C@@H](O)C(CO)O[C@@H]2Oc2c3cc4cc2Oc2ccc(cc2Cl)[C@@H](O)[C@@H](NC(=O)[C@@H](CC(C)C)NC)C(=O)C[C@@H](CC(N)=O)C(=O)N[C@H]4C(=O)C[C@H]2C(=O)N[C@H](C(=O)N[C@H](C(=O)O)c4cc(O)cc(O)c4-c4cc2ccc4O)[C@H](O)c2ccc(c(Cl)c2)O3)OC(C)[C@@H]1O. The van der Waals surface area contributed by atoms with Gasteiger partial charge in [0.15, 0.2) is 41.5 Å². The molecule has 0 aromatic heterocycles. The topological polar surface area (TPSA) is 492 Å². The highest BCUT2D eigenvalue weighted by atomic mass is 35.5. The third-order valence-corrected chi connectivity index (χ3v) is 21.5. The summed E-state index contributed by atoms with van der Waals surface area (Å²) in [7, 11) is 1.50. The van der Waals surface area contributed by atoms with E-state index in [0.717, 1.165) is 99.5 Å². The molecule has 12 rings (SSSR count). The molecular weight excluding hydrogens is 1490 g/mol. The first-order valence-corrected chi connectivity index (χ1v) is 37.8. The number of aromatic hydroxyl groups is 3. The van der Waals surface area contributed by atoms with Gasteiger partial charge < -0.3 is 117 Å². The van der Waals surface area contributed by atoms with Crippen LogP contribution in [-0.2, 0) is 52.6 Å². The maximum atomic E-state index is 16.3. The number of carbonyl (C=O) groups excluding carboxylic acids is 7. The van der Waals surface area contributed by atoms with Crippen LogP contribution >= 0.6 is 23.2 Å². The van der Waals surface area contributed by atoms with Crippen LogP contribution in [0.15, 0.2) is 78.9 Å². The molecule has 5 amide bonds. The molecule has 111 heavy (non-hydrogen) atoms. The summed E-state index contributed by atoms with van der Waals surface area (Å²) >= 11 is 14.3. The van der Waals surface area contributed by atoms with Crippen LogP contribution in [0.1, 0.15) is 176 Å². The summed E-state index contributed by atoms with van der Waals surface area (Å²) in [4.78, 5) is 118. The number of carbonyl (C=O) groups is 8. The number of fused-ring (bicyclic) bond motifs is 15. The molecule has 4 unspecified atom stereocenters. The fourth-order valence-corrected chi connectivity index (χ4v) is 15.2. The third-order valence-electron chi connectivity index (χ3n) is 20.9. The highest BCUT2D eigenvalue weighted by Crippen LogP contribution is 2.50. The van der Waals surface area contributed by atoms with Crippen molar-refractivity contribution in [1.29, 1.82) is 0 Å². The van der Waals surface area contributed by atoms with E-state index in [1.165, 1.54) is 37.7 Å². The lowest BCUT2D eigenvalue weighted by atomic mass is 9.84. The molecule has 0 saturated carbocycles. The quantitative estimate of drug-likeness (QED) is 0.0341. The summed E-state index contributed by atoms with van der Waals surface area (Å²) in [5.41, 5.74) is 2.36. The molecule has 11 bridgehead atoms. The summed E-state index contributed by atoms with van der Waals surface area (Å²) in [6.45, 7) is 8.79. The van der Waals surface area contributed by atoms with Crippen molar-refractivity contribution in [3.63, 3.8) is 0 Å². The zero-order chi connectivity index (χ0) is 80.6. The number of aliphatic hydroxyl groups is 6. The zero-order valence-electron chi connectivity index (χ0n) is 62.0. The molecule has 5 aromatic rings. The van der Waals surface area contributed by atoms with Crippen LogP contribution in [0.5, 0.6) is 46.0 Å². The first kappa shape index (κ1) is 84.6. The Morgan fingerprint density at radius 1 is 0.712 bits per heavy atom. The minimum atomic E-state index is -2.24. The highest BCUT2D eigenvalue weighted by molar-refractivity contribution is 6.32. The Morgan fingerprint density at radius 2 is 1.34 bits per heavy atom. The molecule has 0 spiro atoms. The monoisotopic (exact) mass is 1590 g/mol. The highest BCUT2D eigenvalue weighted by Gasteiger charge is 2.52. The smallest absolute Gasteiger partial charge is 0.330 e. The molecule has 18 N–H and O–H groups in total. The van der Waals surface area contributed by atoms with Gasteiger partial charge in [0.1, 0.15) is 77.4 Å². The number of halogens is 2. The maximum absolute atomic E-state index is 16.3. The van der Waals surface area contributed by atoms with Crippen LogP contribution in [0, 0.1) is 11.8 Å². The van der Waals surface area contributed by atoms with Gasteiger partial charge in [-0.3, -0.25) is 33.6 Å². The molecule has 18 atom stereocenters. The second-order valence-electron chi connectivity index (χ2n) is 29.6. The van der Waals surface area contributed by atoms with Gasteiger partial charge in [0.2, 0.25) is 41.6 Å². The summed E-state index contributed by atoms with van der Waals surface area (Å²) in [6, 6.07) is 4.84. The lowest BCUT2D eigenvalue weighted by Crippen LogP contribution is -2.65. The molecule has 2 fully saturated rings. The maximum Gasteiger partial charge on any atom is 0.330 e. The number of benzene rings is 5. The molecule has 0 aliphatic carbocycles. The standard InChI is InChI=1S/C78H97Cl2N7O24/c1-7-8-9-10-11-12-13-14-21-83-78(5)33-59(106-36(4)71(78)99)110-70-68(98)67(97)57(34-88)109-77(70)111-69-55-27-40-28-56(69)108-54-20-17-39(25-47(54)80)66(96)64-75(103)85-62(76(104)105)45-30-42(89)31-50(91)60(45)44-23-37(15-18-49(44)90)43(73(101)87-64)32-52(93)61(40)84-72(100)41(29-58(81)94)26-51(92)63(86-74(102)48(82-6)22-35(2)3)65(95)38-16-19-53(107-55)46(79)24-38/h15-20,23-25,27-28,30-31,35-36,41,43,48,57,59,61-68,70-71,77,82-83,88-91,95-99H,7-14,21-22,26,29,32-34H2,1-6H3,(H2,81,94)(H,84,100)(H,85,103)(H,86,102)(H,87,101)(H,104,105)/t36?,41-,43+,48+,57?,59-,61+,62-,63-,64-,65+,66+,67-,68?,70?,71-,77+,78+/m0/s1. The predicted octanol–water partition coefficient (Wildman–Crippen LogP) is 5.85. The van der Waals surface area contributed by atoms with E-state index in [4.69, 9.17) is 57.4 Å². The Morgan fingerprint density at radius 3 is 1.95 bits per heavy atom. The largest absolute Gasteiger partial charge is 0.508 e. The normalized spacial score (nSPS) is 28.0. The van der Waals surface area contributed by atoms with Crippen molar-refractivity contribution in [3.8, 4) is 57.1 Å². The van der Waals surface area contributed by atoms with Gasteiger partial charge in [0.05, 0.1) is 46.7 Å². The average Bonchev–Trinajstić information content (AvgIpc) is 0.770. The number of Topliss-reactive ketones (excluding diaryl/α,β-unsaturated/α-hetero) is 2. The number of hydrogen-bond donors (Lipinski definition) is 17. The minimum absolute atomic E-state index is 0.0697. The molecule has 602 valence electrons. The van der Waals surface area contributed by atoms with Crippen molar-refractivity contribution in [2.45, 2.75) is 221 Å². The molecular formula is C78H97Cl2N7O24. The Labute approximate surface area is 649 Å². The van der Waals surface area contributed by atoms with Crippen LogP contribution in [0.3, 0.4) is 0 Å². The number of ketones is 2. The Kier molecular flexibility index (Phi) is 28.1. The van der Waals surface area contributed by atoms with Crippen LogP contribution in [-0.4, -0.2) is 191 Å².